The minimum absolute atomic E-state index is 0.192. The highest BCUT2D eigenvalue weighted by atomic mass is 16.2. The van der Waals surface area contributed by atoms with Crippen molar-refractivity contribution >= 4 is 35.8 Å². The Balaban J connectivity index is 1.51. The topological polar surface area (TPSA) is 88.2 Å². The van der Waals surface area contributed by atoms with Gasteiger partial charge in [-0.2, -0.15) is 0 Å². The van der Waals surface area contributed by atoms with Crippen molar-refractivity contribution < 1.29 is 14.4 Å². The van der Waals surface area contributed by atoms with Crippen molar-refractivity contribution in [2.45, 2.75) is 71.4 Å². The molecule has 0 saturated carbocycles. The molecule has 39 heavy (non-hydrogen) atoms. The van der Waals surface area contributed by atoms with E-state index in [1.165, 1.54) is 50.5 Å². The summed E-state index contributed by atoms with van der Waals surface area (Å²) in [4.78, 5) is 45.1. The summed E-state index contributed by atoms with van der Waals surface area (Å²) in [7, 11) is 2.05. The van der Waals surface area contributed by atoms with Gasteiger partial charge in [0.2, 0.25) is 18.7 Å². The highest BCUT2D eigenvalue weighted by molar-refractivity contribution is 6.00. The average Bonchev–Trinajstić information content (AvgIpc) is 2.92. The van der Waals surface area contributed by atoms with Crippen LogP contribution in [0.1, 0.15) is 59.3 Å². The monoisotopic (exact) mass is 540 g/mol. The smallest absolute Gasteiger partial charge is 0.249 e. The number of likely N-dealkylation sites (tertiary alicyclic amines) is 1. The minimum atomic E-state index is -0.752. The summed E-state index contributed by atoms with van der Waals surface area (Å²) >= 11 is 0. The maximum Gasteiger partial charge on any atom is 0.249 e. The molecule has 9 nitrogen and oxygen atoms in total. The molecule has 3 saturated heterocycles. The van der Waals surface area contributed by atoms with Crippen LogP contribution >= 0.6 is 0 Å². The molecule has 3 aliphatic heterocycles. The normalized spacial score (nSPS) is 20.4. The third-order valence-corrected chi connectivity index (χ3v) is 9.30. The molecule has 1 aromatic rings. The van der Waals surface area contributed by atoms with Crippen molar-refractivity contribution in [2.24, 2.45) is 11.3 Å². The predicted molar refractivity (Wildman–Crippen MR) is 157 cm³/mol. The van der Waals surface area contributed by atoms with Crippen LogP contribution in [0, 0.1) is 11.3 Å². The molecule has 3 heterocycles. The van der Waals surface area contributed by atoms with Gasteiger partial charge >= 0.3 is 0 Å². The molecule has 2 N–H and O–H groups in total. The van der Waals surface area contributed by atoms with Gasteiger partial charge in [-0.1, -0.05) is 19.4 Å². The number of para-hydroxylation sites is 1. The molecule has 1 unspecified atom stereocenters. The Labute approximate surface area is 234 Å². The lowest BCUT2D eigenvalue weighted by atomic mass is 9.73. The Morgan fingerprint density at radius 1 is 1.15 bits per heavy atom. The summed E-state index contributed by atoms with van der Waals surface area (Å²) in [5.74, 6) is 0.247. The summed E-state index contributed by atoms with van der Waals surface area (Å²) in [5, 5.41) is 5.72. The molecule has 0 radical (unpaired) electrons. The number of hydrogen-bond donors (Lipinski definition) is 2. The molecule has 1 spiro atoms. The summed E-state index contributed by atoms with van der Waals surface area (Å²) in [6.45, 7) is 14.2. The third-order valence-electron chi connectivity index (χ3n) is 9.30. The van der Waals surface area contributed by atoms with E-state index in [0.717, 1.165) is 43.7 Å². The lowest BCUT2D eigenvalue weighted by Crippen LogP contribution is -2.58. The molecule has 1 aromatic carbocycles. The van der Waals surface area contributed by atoms with E-state index >= 15 is 0 Å². The number of benzene rings is 1. The quantitative estimate of drug-likeness (QED) is 0.394. The van der Waals surface area contributed by atoms with E-state index in [-0.39, 0.29) is 6.04 Å². The number of anilines is 3. The molecule has 3 aliphatic rings. The van der Waals surface area contributed by atoms with Gasteiger partial charge in [0.1, 0.15) is 6.04 Å². The van der Waals surface area contributed by atoms with Crippen LogP contribution in [0.4, 0.5) is 17.1 Å². The summed E-state index contributed by atoms with van der Waals surface area (Å²) < 4.78 is 0. The maximum atomic E-state index is 12.8. The van der Waals surface area contributed by atoms with Crippen LogP contribution in [-0.4, -0.2) is 88.6 Å². The lowest BCUT2D eigenvalue weighted by Gasteiger charge is -2.49. The van der Waals surface area contributed by atoms with Crippen LogP contribution in [0.5, 0.6) is 0 Å². The van der Waals surface area contributed by atoms with Gasteiger partial charge in [0.15, 0.2) is 0 Å². The number of carbonyl (C=O) groups is 3. The first kappa shape index (κ1) is 29.3. The minimum Gasteiger partial charge on any atom is -0.370 e. The van der Waals surface area contributed by atoms with Crippen LogP contribution in [0.3, 0.4) is 0 Å². The Hall–Kier alpha value is -2.65. The molecule has 0 bridgehead atoms. The van der Waals surface area contributed by atoms with Crippen LogP contribution in [-0.2, 0) is 14.4 Å². The zero-order chi connectivity index (χ0) is 28.0. The van der Waals surface area contributed by atoms with Crippen molar-refractivity contribution in [3.8, 4) is 0 Å². The van der Waals surface area contributed by atoms with Gasteiger partial charge < -0.3 is 24.9 Å². The third kappa shape index (κ3) is 6.57. The average molecular weight is 541 g/mol. The molecule has 3 amide bonds. The molecule has 216 valence electrons. The fourth-order valence-corrected chi connectivity index (χ4v) is 6.49. The zero-order valence-corrected chi connectivity index (χ0v) is 24.3. The molecular formula is C30H48N6O3. The number of nitrogens with one attached hydrogen (secondary N) is 2. The van der Waals surface area contributed by atoms with Gasteiger partial charge in [-0.25, -0.2) is 0 Å². The second-order valence-electron chi connectivity index (χ2n) is 12.1. The number of amides is 3. The number of carbonyl (C=O) groups excluding carboxylic acids is 3. The Morgan fingerprint density at radius 3 is 2.38 bits per heavy atom. The van der Waals surface area contributed by atoms with Crippen molar-refractivity contribution in [3.63, 3.8) is 0 Å². The van der Waals surface area contributed by atoms with Crippen molar-refractivity contribution in [1.29, 1.82) is 0 Å². The van der Waals surface area contributed by atoms with Crippen LogP contribution in [0.2, 0.25) is 0 Å². The SMILES string of the molecule is CCCC(C(=O)NC=O)N(C=O)c1cccc(N2CCC(CN3CCC4(CC3)CNC4)CC2)c1N(C)C(C)C. The molecule has 0 aliphatic carbocycles. The first-order valence-corrected chi connectivity index (χ1v) is 14.8. The summed E-state index contributed by atoms with van der Waals surface area (Å²) in [6.07, 6.45) is 7.25. The highest BCUT2D eigenvalue weighted by Gasteiger charge is 2.40. The van der Waals surface area contributed by atoms with E-state index in [2.05, 4.69) is 45.2 Å². The summed E-state index contributed by atoms with van der Waals surface area (Å²) in [6, 6.07) is 5.47. The van der Waals surface area contributed by atoms with Gasteiger partial charge in [0, 0.05) is 45.8 Å². The second kappa shape index (κ2) is 13.1. The van der Waals surface area contributed by atoms with E-state index < -0.39 is 11.9 Å². The standard InChI is InChI=1S/C30H48N6O3/c1-5-7-27(29(39)32-21-37)36(22-38)26-9-6-8-25(28(26)33(4)23(2)3)35-14-10-24(11-15-35)18-34-16-12-30(13-17-34)19-31-20-30/h6,8-9,21-24,27,31H,5,7,10-20H2,1-4H3,(H,32,37,39). The molecular weight excluding hydrogens is 492 g/mol. The number of imide groups is 1. The fraction of sp³-hybridized carbons (Fsp3) is 0.700. The molecule has 9 heteroatoms. The summed E-state index contributed by atoms with van der Waals surface area (Å²) in [5.41, 5.74) is 3.34. The number of nitrogens with zero attached hydrogens (tertiary/aromatic N) is 4. The van der Waals surface area contributed by atoms with Gasteiger partial charge in [0.25, 0.3) is 0 Å². The largest absolute Gasteiger partial charge is 0.370 e. The number of piperidine rings is 2. The zero-order valence-electron chi connectivity index (χ0n) is 24.3. The lowest BCUT2D eigenvalue weighted by molar-refractivity contribution is -0.127. The molecule has 4 rings (SSSR count). The van der Waals surface area contributed by atoms with E-state index in [4.69, 9.17) is 0 Å². The van der Waals surface area contributed by atoms with Crippen molar-refractivity contribution in [2.75, 3.05) is 67.6 Å². The molecule has 1 atom stereocenters. The van der Waals surface area contributed by atoms with Gasteiger partial charge in [0.05, 0.1) is 17.1 Å². The van der Waals surface area contributed by atoms with E-state index in [1.807, 2.05) is 26.1 Å². The van der Waals surface area contributed by atoms with Gasteiger partial charge in [-0.05, 0) is 82.5 Å². The van der Waals surface area contributed by atoms with Crippen LogP contribution < -0.4 is 25.3 Å². The van der Waals surface area contributed by atoms with Crippen LogP contribution in [0.25, 0.3) is 0 Å². The Kier molecular flexibility index (Phi) is 9.88. The Morgan fingerprint density at radius 2 is 1.85 bits per heavy atom. The number of rotatable bonds is 12. The highest BCUT2D eigenvalue weighted by Crippen LogP contribution is 2.42. The fourth-order valence-electron chi connectivity index (χ4n) is 6.49. The van der Waals surface area contributed by atoms with Gasteiger partial charge in [-0.15, -0.1) is 0 Å². The second-order valence-corrected chi connectivity index (χ2v) is 12.1. The molecule has 3 fully saturated rings. The first-order chi connectivity index (χ1) is 18.8. The van der Waals surface area contributed by atoms with Crippen LogP contribution in [0.15, 0.2) is 18.2 Å². The van der Waals surface area contributed by atoms with Crippen molar-refractivity contribution in [3.05, 3.63) is 18.2 Å². The van der Waals surface area contributed by atoms with E-state index in [9.17, 15) is 14.4 Å². The van der Waals surface area contributed by atoms with E-state index in [1.54, 1.807) is 0 Å². The first-order valence-electron chi connectivity index (χ1n) is 14.8. The van der Waals surface area contributed by atoms with Gasteiger partial charge in [-0.3, -0.25) is 19.7 Å². The maximum absolute atomic E-state index is 12.8. The Bertz CT molecular complexity index is 979. The van der Waals surface area contributed by atoms with Crippen molar-refractivity contribution in [1.82, 2.24) is 15.5 Å². The molecule has 0 aromatic heterocycles. The predicted octanol–water partition coefficient (Wildman–Crippen LogP) is 2.84. The van der Waals surface area contributed by atoms with E-state index in [0.29, 0.717) is 36.3 Å². The number of hydrogen-bond acceptors (Lipinski definition) is 7.